The summed E-state index contributed by atoms with van der Waals surface area (Å²) in [6, 6.07) is 7.13. The SMILES string of the molecule is O=C(N/N=C\c1cccc(O)c1)c1cc([N+](=O)[O-])cc([N+](=O)[O-])c1O. The highest BCUT2D eigenvalue weighted by Crippen LogP contribution is 2.34. The fourth-order valence-electron chi connectivity index (χ4n) is 1.85. The van der Waals surface area contributed by atoms with Crippen LogP contribution < -0.4 is 5.43 Å². The van der Waals surface area contributed by atoms with Crippen molar-refractivity contribution >= 4 is 23.5 Å². The third-order valence-corrected chi connectivity index (χ3v) is 2.98. The van der Waals surface area contributed by atoms with Crippen molar-refractivity contribution in [2.45, 2.75) is 0 Å². The van der Waals surface area contributed by atoms with Crippen LogP contribution in [-0.4, -0.2) is 32.2 Å². The van der Waals surface area contributed by atoms with E-state index in [1.165, 1.54) is 24.4 Å². The van der Waals surface area contributed by atoms with E-state index < -0.39 is 38.4 Å². The van der Waals surface area contributed by atoms with E-state index in [9.17, 15) is 35.2 Å². The van der Waals surface area contributed by atoms with Gasteiger partial charge in [0, 0.05) is 6.07 Å². The Balaban J connectivity index is 2.29. The molecule has 0 saturated carbocycles. The second-order valence-electron chi connectivity index (χ2n) is 4.67. The molecule has 0 bridgehead atoms. The normalized spacial score (nSPS) is 10.6. The summed E-state index contributed by atoms with van der Waals surface area (Å²) in [6.07, 6.45) is 1.17. The molecule has 1 amide bonds. The Hall–Kier alpha value is -4.02. The summed E-state index contributed by atoms with van der Waals surface area (Å²) in [5.41, 5.74) is 0.0452. The van der Waals surface area contributed by atoms with Crippen LogP contribution in [0.5, 0.6) is 11.5 Å². The molecule has 0 aliphatic carbocycles. The number of non-ortho nitro benzene ring substituents is 1. The van der Waals surface area contributed by atoms with E-state index in [1.54, 1.807) is 6.07 Å². The molecule has 128 valence electrons. The minimum Gasteiger partial charge on any atom is -0.508 e. The Bertz CT molecular complexity index is 895. The zero-order valence-electron chi connectivity index (χ0n) is 12.3. The van der Waals surface area contributed by atoms with E-state index in [1.807, 2.05) is 5.43 Å². The van der Waals surface area contributed by atoms with E-state index in [0.717, 1.165) is 0 Å². The summed E-state index contributed by atoms with van der Waals surface area (Å²) < 4.78 is 0. The molecule has 0 radical (unpaired) electrons. The van der Waals surface area contributed by atoms with Crippen molar-refractivity contribution in [3.05, 3.63) is 67.8 Å². The van der Waals surface area contributed by atoms with Gasteiger partial charge in [-0.25, -0.2) is 5.43 Å². The number of nitrogens with zero attached hydrogens (tertiary/aromatic N) is 3. The number of hydrogen-bond donors (Lipinski definition) is 3. The van der Waals surface area contributed by atoms with Crippen LogP contribution in [-0.2, 0) is 0 Å². The summed E-state index contributed by atoms with van der Waals surface area (Å²) in [5.74, 6) is -2.12. The first-order valence-corrected chi connectivity index (χ1v) is 6.58. The fourth-order valence-corrected chi connectivity index (χ4v) is 1.85. The fraction of sp³-hybridized carbons (Fsp3) is 0. The molecule has 0 aliphatic heterocycles. The van der Waals surface area contributed by atoms with Gasteiger partial charge >= 0.3 is 5.69 Å². The molecule has 0 aromatic heterocycles. The molecular weight excluding hydrogens is 336 g/mol. The van der Waals surface area contributed by atoms with Crippen LogP contribution in [0.2, 0.25) is 0 Å². The minimum atomic E-state index is -1.08. The Labute approximate surface area is 139 Å². The topological polar surface area (TPSA) is 168 Å². The first kappa shape index (κ1) is 17.3. The van der Waals surface area contributed by atoms with Gasteiger partial charge in [0.2, 0.25) is 5.75 Å². The Morgan fingerprint density at radius 2 is 1.84 bits per heavy atom. The number of amides is 1. The van der Waals surface area contributed by atoms with Crippen molar-refractivity contribution in [1.82, 2.24) is 5.43 Å². The molecule has 0 spiro atoms. The third kappa shape index (κ3) is 4.04. The number of aromatic hydroxyl groups is 2. The monoisotopic (exact) mass is 346 g/mol. The lowest BCUT2D eigenvalue weighted by Crippen LogP contribution is -2.18. The van der Waals surface area contributed by atoms with Gasteiger partial charge in [0.25, 0.3) is 11.6 Å². The highest BCUT2D eigenvalue weighted by Gasteiger charge is 2.27. The van der Waals surface area contributed by atoms with Crippen LogP contribution in [0.4, 0.5) is 11.4 Å². The first-order chi connectivity index (χ1) is 11.8. The van der Waals surface area contributed by atoms with Crippen molar-refractivity contribution in [2.24, 2.45) is 5.10 Å². The summed E-state index contributed by atoms with van der Waals surface area (Å²) in [7, 11) is 0. The number of rotatable bonds is 5. The lowest BCUT2D eigenvalue weighted by molar-refractivity contribution is -0.394. The van der Waals surface area contributed by atoms with Gasteiger partial charge in [-0.1, -0.05) is 12.1 Å². The number of nitro groups is 2. The highest BCUT2D eigenvalue weighted by atomic mass is 16.6. The number of nitrogens with one attached hydrogen (secondary N) is 1. The van der Waals surface area contributed by atoms with Gasteiger partial charge in [0.15, 0.2) is 0 Å². The van der Waals surface area contributed by atoms with Crippen molar-refractivity contribution in [3.8, 4) is 11.5 Å². The van der Waals surface area contributed by atoms with Gasteiger partial charge in [-0.3, -0.25) is 25.0 Å². The summed E-state index contributed by atoms with van der Waals surface area (Å²) in [5, 5.41) is 44.3. The van der Waals surface area contributed by atoms with Crippen LogP contribution in [0.25, 0.3) is 0 Å². The number of phenolic OH excluding ortho intramolecular Hbond substituents is 2. The van der Waals surface area contributed by atoms with E-state index >= 15 is 0 Å². The molecule has 2 rings (SSSR count). The maximum atomic E-state index is 12.0. The number of nitro benzene ring substituents is 2. The number of benzene rings is 2. The molecule has 0 saturated heterocycles. The van der Waals surface area contributed by atoms with Gasteiger partial charge in [-0.2, -0.15) is 5.10 Å². The van der Waals surface area contributed by atoms with E-state index in [-0.39, 0.29) is 5.75 Å². The van der Waals surface area contributed by atoms with Gasteiger partial charge in [0.05, 0.1) is 27.7 Å². The van der Waals surface area contributed by atoms with Crippen molar-refractivity contribution < 1.29 is 24.9 Å². The molecule has 11 nitrogen and oxygen atoms in total. The molecule has 0 atom stereocenters. The molecule has 2 aromatic rings. The molecule has 0 unspecified atom stereocenters. The number of carbonyl (C=O) groups is 1. The average molecular weight is 346 g/mol. The molecule has 2 aromatic carbocycles. The van der Waals surface area contributed by atoms with Crippen LogP contribution >= 0.6 is 0 Å². The van der Waals surface area contributed by atoms with Gasteiger partial charge < -0.3 is 10.2 Å². The zero-order chi connectivity index (χ0) is 18.6. The third-order valence-electron chi connectivity index (χ3n) is 2.98. The van der Waals surface area contributed by atoms with Crippen LogP contribution in [0.1, 0.15) is 15.9 Å². The minimum absolute atomic E-state index is 0.0257. The summed E-state index contributed by atoms with van der Waals surface area (Å²) in [6.45, 7) is 0. The van der Waals surface area contributed by atoms with Crippen LogP contribution in [0.15, 0.2) is 41.5 Å². The van der Waals surface area contributed by atoms with Gasteiger partial charge in [-0.05, 0) is 17.7 Å². The predicted octanol–water partition coefficient (Wildman–Crippen LogP) is 1.68. The van der Waals surface area contributed by atoms with Gasteiger partial charge in [0.1, 0.15) is 5.75 Å². The van der Waals surface area contributed by atoms with Crippen molar-refractivity contribution in [2.75, 3.05) is 0 Å². The van der Waals surface area contributed by atoms with Crippen LogP contribution in [0.3, 0.4) is 0 Å². The maximum absolute atomic E-state index is 12.0. The number of carbonyl (C=O) groups excluding carboxylic acids is 1. The van der Waals surface area contributed by atoms with Crippen molar-refractivity contribution in [3.63, 3.8) is 0 Å². The zero-order valence-corrected chi connectivity index (χ0v) is 12.3. The Morgan fingerprint density at radius 3 is 2.44 bits per heavy atom. The van der Waals surface area contributed by atoms with E-state index in [2.05, 4.69) is 5.10 Å². The number of hydrazone groups is 1. The molecule has 0 heterocycles. The molecule has 3 N–H and O–H groups in total. The second-order valence-corrected chi connectivity index (χ2v) is 4.67. The average Bonchev–Trinajstić information content (AvgIpc) is 2.54. The molecule has 25 heavy (non-hydrogen) atoms. The Morgan fingerprint density at radius 1 is 1.12 bits per heavy atom. The highest BCUT2D eigenvalue weighted by molar-refractivity contribution is 5.99. The van der Waals surface area contributed by atoms with E-state index in [4.69, 9.17) is 0 Å². The second kappa shape index (κ2) is 7.04. The summed E-state index contributed by atoms with van der Waals surface area (Å²) in [4.78, 5) is 31.7. The molecule has 11 heteroatoms. The lowest BCUT2D eigenvalue weighted by atomic mass is 10.1. The maximum Gasteiger partial charge on any atom is 0.318 e. The van der Waals surface area contributed by atoms with E-state index in [0.29, 0.717) is 17.7 Å². The molecular formula is C14H10N4O7. The lowest BCUT2D eigenvalue weighted by Gasteiger charge is -2.04. The quantitative estimate of drug-likeness (QED) is 0.420. The Kier molecular flexibility index (Phi) is 4.88. The molecule has 0 fully saturated rings. The molecule has 0 aliphatic rings. The number of hydrogen-bond acceptors (Lipinski definition) is 8. The van der Waals surface area contributed by atoms with Crippen molar-refractivity contribution in [1.29, 1.82) is 0 Å². The summed E-state index contributed by atoms with van der Waals surface area (Å²) >= 11 is 0. The van der Waals surface area contributed by atoms with Gasteiger partial charge in [-0.15, -0.1) is 0 Å². The number of phenols is 2. The standard InChI is InChI=1S/C14H10N4O7/c19-10-3-1-2-8(4-10)7-15-16-14(21)11-5-9(17(22)23)6-12(13(11)20)18(24)25/h1-7,19-20H,(H,16,21)/b15-7-. The predicted molar refractivity (Wildman–Crippen MR) is 84.6 cm³/mol. The first-order valence-electron chi connectivity index (χ1n) is 6.58. The smallest absolute Gasteiger partial charge is 0.318 e. The van der Waals surface area contributed by atoms with Crippen LogP contribution in [0, 0.1) is 20.2 Å². The largest absolute Gasteiger partial charge is 0.508 e.